The second kappa shape index (κ2) is 4.67. The summed E-state index contributed by atoms with van der Waals surface area (Å²) in [6, 6.07) is 8.03. The van der Waals surface area contributed by atoms with Gasteiger partial charge in [-0.2, -0.15) is 0 Å². The Balaban J connectivity index is 2.33. The van der Waals surface area contributed by atoms with Crippen molar-refractivity contribution >= 4 is 17.3 Å². The molecule has 2 aromatic rings. The lowest BCUT2D eigenvalue weighted by Crippen LogP contribution is -2.06. The third-order valence-electron chi connectivity index (χ3n) is 2.58. The fourth-order valence-electron chi connectivity index (χ4n) is 1.53. The summed E-state index contributed by atoms with van der Waals surface area (Å²) in [6.45, 7) is 3.68. The lowest BCUT2D eigenvalue weighted by atomic mass is 10.1. The molecule has 4 heteroatoms. The third-order valence-corrected chi connectivity index (χ3v) is 3.60. The van der Waals surface area contributed by atoms with Crippen LogP contribution in [0.1, 0.15) is 23.4 Å². The topological polar surface area (TPSA) is 50.2 Å². The van der Waals surface area contributed by atoms with Gasteiger partial charge in [-0.15, -0.1) is 11.3 Å². The normalized spacial score (nSPS) is 12.4. The smallest absolute Gasteiger partial charge is 0.313 e. The fraction of sp³-hybridized carbons (Fsp3) is 0.231. The van der Waals surface area contributed by atoms with Crippen molar-refractivity contribution in [1.29, 1.82) is 0 Å². The summed E-state index contributed by atoms with van der Waals surface area (Å²) in [6.07, 6.45) is 0. The molecular formula is C13H13NO2S. The van der Waals surface area contributed by atoms with E-state index in [1.807, 2.05) is 36.6 Å². The zero-order chi connectivity index (χ0) is 12.4. The molecule has 1 heterocycles. The maximum absolute atomic E-state index is 10.9. The zero-order valence-corrected chi connectivity index (χ0v) is 10.5. The van der Waals surface area contributed by atoms with Crippen LogP contribution in [0.3, 0.4) is 0 Å². The van der Waals surface area contributed by atoms with Gasteiger partial charge in [0.2, 0.25) is 0 Å². The fourth-order valence-corrected chi connectivity index (χ4v) is 2.41. The number of hydrogen-bond acceptors (Lipinski definition) is 3. The quantitative estimate of drug-likeness (QED) is 0.905. The largest absolute Gasteiger partial charge is 0.481 e. The minimum Gasteiger partial charge on any atom is -0.481 e. The zero-order valence-electron chi connectivity index (χ0n) is 9.68. The molecule has 1 unspecified atom stereocenters. The van der Waals surface area contributed by atoms with Crippen molar-refractivity contribution in [2.75, 3.05) is 0 Å². The van der Waals surface area contributed by atoms with Gasteiger partial charge in [-0.25, -0.2) is 4.98 Å². The monoisotopic (exact) mass is 247 g/mol. The van der Waals surface area contributed by atoms with Gasteiger partial charge in [0.05, 0.1) is 5.69 Å². The van der Waals surface area contributed by atoms with E-state index in [0.29, 0.717) is 5.01 Å². The Morgan fingerprint density at radius 3 is 2.88 bits per heavy atom. The van der Waals surface area contributed by atoms with Crippen LogP contribution in [0.2, 0.25) is 0 Å². The van der Waals surface area contributed by atoms with Crippen LogP contribution >= 0.6 is 11.3 Å². The summed E-state index contributed by atoms with van der Waals surface area (Å²) in [4.78, 5) is 15.2. The Kier molecular flexibility index (Phi) is 3.24. The van der Waals surface area contributed by atoms with Gasteiger partial charge < -0.3 is 5.11 Å². The van der Waals surface area contributed by atoms with Gasteiger partial charge in [0.1, 0.15) is 10.9 Å². The van der Waals surface area contributed by atoms with Crippen LogP contribution < -0.4 is 0 Å². The first-order valence-corrected chi connectivity index (χ1v) is 6.21. The molecule has 0 radical (unpaired) electrons. The van der Waals surface area contributed by atoms with Crippen molar-refractivity contribution in [2.45, 2.75) is 19.8 Å². The Hall–Kier alpha value is -1.68. The summed E-state index contributed by atoms with van der Waals surface area (Å²) in [5.74, 6) is -1.38. The van der Waals surface area contributed by atoms with E-state index in [-0.39, 0.29) is 0 Å². The molecule has 0 spiro atoms. The summed E-state index contributed by atoms with van der Waals surface area (Å²) < 4.78 is 0. The average Bonchev–Trinajstić information content (AvgIpc) is 2.77. The first-order chi connectivity index (χ1) is 8.08. The molecule has 2 rings (SSSR count). The van der Waals surface area contributed by atoms with E-state index in [1.165, 1.54) is 16.9 Å². The number of carbonyl (C=O) groups is 1. The third kappa shape index (κ3) is 2.53. The lowest BCUT2D eigenvalue weighted by Gasteiger charge is -2.00. The highest BCUT2D eigenvalue weighted by Gasteiger charge is 2.17. The van der Waals surface area contributed by atoms with Crippen LogP contribution in [0.4, 0.5) is 0 Å². The number of carboxylic acids is 1. The van der Waals surface area contributed by atoms with E-state index in [4.69, 9.17) is 5.11 Å². The number of nitrogens with zero attached hydrogens (tertiary/aromatic N) is 1. The molecule has 0 aliphatic carbocycles. The molecule has 1 atom stereocenters. The van der Waals surface area contributed by atoms with Gasteiger partial charge in [-0.3, -0.25) is 4.79 Å². The van der Waals surface area contributed by atoms with E-state index in [1.54, 1.807) is 6.92 Å². The Morgan fingerprint density at radius 2 is 2.24 bits per heavy atom. The van der Waals surface area contributed by atoms with Crippen molar-refractivity contribution in [2.24, 2.45) is 0 Å². The maximum Gasteiger partial charge on any atom is 0.313 e. The maximum atomic E-state index is 10.9. The van der Waals surface area contributed by atoms with Gasteiger partial charge in [0.15, 0.2) is 0 Å². The summed E-state index contributed by atoms with van der Waals surface area (Å²) >= 11 is 1.39. The standard InChI is InChI=1S/C13H13NO2S/c1-8-4-3-5-10(6-8)11-7-17-12(14-11)9(2)13(15)16/h3-7,9H,1-2H3,(H,15,16). The molecule has 17 heavy (non-hydrogen) atoms. The second-order valence-corrected chi connectivity index (χ2v) is 4.89. The Morgan fingerprint density at radius 1 is 1.47 bits per heavy atom. The highest BCUT2D eigenvalue weighted by Crippen LogP contribution is 2.26. The predicted octanol–water partition coefficient (Wildman–Crippen LogP) is 3.31. The number of hydrogen-bond donors (Lipinski definition) is 1. The molecule has 88 valence electrons. The number of rotatable bonds is 3. The predicted molar refractivity (Wildman–Crippen MR) is 68.3 cm³/mol. The molecule has 0 saturated heterocycles. The molecule has 1 aromatic heterocycles. The number of thiazole rings is 1. The van der Waals surface area contributed by atoms with E-state index < -0.39 is 11.9 Å². The molecule has 3 nitrogen and oxygen atoms in total. The average molecular weight is 247 g/mol. The second-order valence-electron chi connectivity index (χ2n) is 4.00. The Labute approximate surface area is 104 Å². The number of aryl methyl sites for hydroxylation is 1. The highest BCUT2D eigenvalue weighted by atomic mass is 32.1. The van der Waals surface area contributed by atoms with Crippen LogP contribution in [-0.2, 0) is 4.79 Å². The summed E-state index contributed by atoms with van der Waals surface area (Å²) in [7, 11) is 0. The van der Waals surface area contributed by atoms with Crippen LogP contribution in [0.15, 0.2) is 29.6 Å². The molecule has 0 amide bonds. The van der Waals surface area contributed by atoms with E-state index in [2.05, 4.69) is 4.98 Å². The molecule has 0 aliphatic rings. The number of benzene rings is 1. The molecule has 1 N–H and O–H groups in total. The van der Waals surface area contributed by atoms with Gasteiger partial charge >= 0.3 is 5.97 Å². The van der Waals surface area contributed by atoms with Crippen LogP contribution in [0.25, 0.3) is 11.3 Å². The van der Waals surface area contributed by atoms with Crippen molar-refractivity contribution in [3.8, 4) is 11.3 Å². The minimum absolute atomic E-state index is 0.543. The van der Waals surface area contributed by atoms with Crippen molar-refractivity contribution in [3.63, 3.8) is 0 Å². The van der Waals surface area contributed by atoms with Gasteiger partial charge in [0.25, 0.3) is 0 Å². The molecule has 1 aromatic carbocycles. The van der Waals surface area contributed by atoms with Crippen molar-refractivity contribution in [3.05, 3.63) is 40.2 Å². The van der Waals surface area contributed by atoms with Crippen LogP contribution in [-0.4, -0.2) is 16.1 Å². The van der Waals surface area contributed by atoms with Gasteiger partial charge in [-0.05, 0) is 19.9 Å². The number of aliphatic carboxylic acids is 1. The SMILES string of the molecule is Cc1cccc(-c2csc(C(C)C(=O)O)n2)c1. The Bertz CT molecular complexity index is 548. The first kappa shape index (κ1) is 11.8. The van der Waals surface area contributed by atoms with Crippen LogP contribution in [0, 0.1) is 6.92 Å². The van der Waals surface area contributed by atoms with Gasteiger partial charge in [-0.1, -0.05) is 23.8 Å². The molecule has 0 saturated carbocycles. The van der Waals surface area contributed by atoms with Crippen LogP contribution in [0.5, 0.6) is 0 Å². The molecule has 0 aliphatic heterocycles. The first-order valence-electron chi connectivity index (χ1n) is 5.33. The highest BCUT2D eigenvalue weighted by molar-refractivity contribution is 7.10. The minimum atomic E-state index is -0.838. The van der Waals surface area contributed by atoms with E-state index in [0.717, 1.165) is 11.3 Å². The van der Waals surface area contributed by atoms with E-state index >= 15 is 0 Å². The molecule has 0 bridgehead atoms. The molecular weight excluding hydrogens is 234 g/mol. The van der Waals surface area contributed by atoms with E-state index in [9.17, 15) is 4.79 Å². The van der Waals surface area contributed by atoms with Crippen molar-refractivity contribution < 1.29 is 9.90 Å². The van der Waals surface area contributed by atoms with Gasteiger partial charge in [0, 0.05) is 10.9 Å². The molecule has 0 fully saturated rings. The van der Waals surface area contributed by atoms with Crippen molar-refractivity contribution in [1.82, 2.24) is 4.98 Å². The lowest BCUT2D eigenvalue weighted by molar-refractivity contribution is -0.138. The number of carboxylic acid groups (broad SMARTS) is 1. The number of aromatic nitrogens is 1. The summed E-state index contributed by atoms with van der Waals surface area (Å²) in [5, 5.41) is 11.5. The summed E-state index contributed by atoms with van der Waals surface area (Å²) in [5.41, 5.74) is 3.05.